The fraction of sp³-hybridized carbons (Fsp3) is 0.462. The summed E-state index contributed by atoms with van der Waals surface area (Å²) in [6.07, 6.45) is 1.99. The highest BCUT2D eigenvalue weighted by molar-refractivity contribution is 7.91. The van der Waals surface area contributed by atoms with Gasteiger partial charge in [0.1, 0.15) is 11.3 Å². The summed E-state index contributed by atoms with van der Waals surface area (Å²) in [5.41, 5.74) is 1.43. The van der Waals surface area contributed by atoms with Gasteiger partial charge in [-0.05, 0) is 17.5 Å². The summed E-state index contributed by atoms with van der Waals surface area (Å²) in [6.45, 7) is 6.37. The van der Waals surface area contributed by atoms with E-state index in [1.165, 1.54) is 6.26 Å². The molecule has 0 radical (unpaired) electrons. The number of aromatic amines is 1. The number of hydrogen-bond donors (Lipinski definition) is 1. The highest BCUT2D eigenvalue weighted by atomic mass is 32.2. The minimum atomic E-state index is -3.24. The smallest absolute Gasteiger partial charge is 0.177 e. The van der Waals surface area contributed by atoms with Gasteiger partial charge in [0.25, 0.3) is 0 Å². The number of aromatic nitrogens is 2. The number of nitrogens with one attached hydrogen (secondary N) is 1. The summed E-state index contributed by atoms with van der Waals surface area (Å²) in [4.78, 5) is 7.91. The number of nitrogens with zero attached hydrogens (tertiary/aromatic N) is 1. The van der Waals surface area contributed by atoms with Crippen LogP contribution in [0, 0.1) is 5.41 Å². The highest BCUT2D eigenvalue weighted by Gasteiger charge is 2.18. The van der Waals surface area contributed by atoms with Gasteiger partial charge in [-0.25, -0.2) is 13.4 Å². The molecular weight excluding hydrogens is 248 g/mol. The maximum Gasteiger partial charge on any atom is 0.177 e. The van der Waals surface area contributed by atoms with Crippen LogP contribution in [0.2, 0.25) is 0 Å². The first-order valence-corrected chi connectivity index (χ1v) is 7.74. The first kappa shape index (κ1) is 13.1. The molecule has 0 fully saturated rings. The molecule has 4 nitrogen and oxygen atoms in total. The van der Waals surface area contributed by atoms with Crippen molar-refractivity contribution in [2.75, 3.05) is 6.26 Å². The topological polar surface area (TPSA) is 62.8 Å². The largest absolute Gasteiger partial charge is 0.342 e. The number of para-hydroxylation sites is 1. The van der Waals surface area contributed by atoms with Crippen molar-refractivity contribution in [1.82, 2.24) is 9.97 Å². The third-order valence-corrected chi connectivity index (χ3v) is 3.75. The number of H-pyrrole nitrogens is 1. The molecule has 0 amide bonds. The molecule has 1 aromatic heterocycles. The quantitative estimate of drug-likeness (QED) is 0.908. The van der Waals surface area contributed by atoms with Crippen molar-refractivity contribution in [1.29, 1.82) is 0 Å². The van der Waals surface area contributed by atoms with E-state index in [4.69, 9.17) is 0 Å². The lowest BCUT2D eigenvalue weighted by atomic mass is 9.92. The third-order valence-electron chi connectivity index (χ3n) is 2.62. The fourth-order valence-electron chi connectivity index (χ4n) is 1.94. The molecule has 98 valence electrons. The Labute approximate surface area is 107 Å². The van der Waals surface area contributed by atoms with Gasteiger partial charge < -0.3 is 4.98 Å². The molecule has 0 aliphatic heterocycles. The first-order valence-electron chi connectivity index (χ1n) is 5.84. The summed E-state index contributed by atoms with van der Waals surface area (Å²) in [5, 5.41) is 0. The van der Waals surface area contributed by atoms with Crippen molar-refractivity contribution in [3.05, 3.63) is 24.0 Å². The second kappa shape index (κ2) is 4.09. The van der Waals surface area contributed by atoms with Crippen molar-refractivity contribution in [2.45, 2.75) is 32.1 Å². The second-order valence-electron chi connectivity index (χ2n) is 5.85. The van der Waals surface area contributed by atoms with Gasteiger partial charge in [-0.15, -0.1) is 0 Å². The second-order valence-corrected chi connectivity index (χ2v) is 7.83. The Morgan fingerprint density at radius 3 is 2.50 bits per heavy atom. The summed E-state index contributed by atoms with van der Waals surface area (Å²) < 4.78 is 23.4. The van der Waals surface area contributed by atoms with Crippen LogP contribution in [0.1, 0.15) is 26.6 Å². The van der Waals surface area contributed by atoms with Gasteiger partial charge in [0.2, 0.25) is 0 Å². The van der Waals surface area contributed by atoms with Crippen LogP contribution in [0.25, 0.3) is 11.0 Å². The average molecular weight is 266 g/mol. The highest BCUT2D eigenvalue weighted by Crippen LogP contribution is 2.24. The van der Waals surface area contributed by atoms with E-state index < -0.39 is 9.84 Å². The lowest BCUT2D eigenvalue weighted by Crippen LogP contribution is -2.10. The normalized spacial score (nSPS) is 13.1. The van der Waals surface area contributed by atoms with Gasteiger partial charge in [0.05, 0.1) is 10.4 Å². The number of imidazole rings is 1. The molecule has 18 heavy (non-hydrogen) atoms. The Hall–Kier alpha value is -1.36. The number of rotatable bonds is 2. The van der Waals surface area contributed by atoms with Crippen molar-refractivity contribution in [3.8, 4) is 0 Å². The van der Waals surface area contributed by atoms with E-state index in [-0.39, 0.29) is 10.3 Å². The SMILES string of the molecule is CC(C)(C)Cc1nc2c(S(C)(=O)=O)cccc2[nH]1. The Balaban J connectivity index is 2.59. The van der Waals surface area contributed by atoms with Crippen LogP contribution < -0.4 is 0 Å². The molecule has 0 atom stereocenters. The third kappa shape index (κ3) is 2.72. The Morgan fingerprint density at radius 2 is 1.94 bits per heavy atom. The minimum Gasteiger partial charge on any atom is -0.342 e. The summed E-state index contributed by atoms with van der Waals surface area (Å²) >= 11 is 0. The van der Waals surface area contributed by atoms with E-state index in [1.807, 2.05) is 6.07 Å². The predicted molar refractivity (Wildman–Crippen MR) is 72.4 cm³/mol. The van der Waals surface area contributed by atoms with Gasteiger partial charge in [0, 0.05) is 12.7 Å². The Kier molecular flexibility index (Phi) is 2.97. The average Bonchev–Trinajstić information content (AvgIpc) is 2.53. The number of sulfone groups is 1. The number of benzene rings is 1. The molecular formula is C13H18N2O2S. The van der Waals surface area contributed by atoms with E-state index >= 15 is 0 Å². The predicted octanol–water partition coefficient (Wildman–Crippen LogP) is 2.56. The van der Waals surface area contributed by atoms with Crippen LogP contribution >= 0.6 is 0 Å². The molecule has 0 spiro atoms. The van der Waals surface area contributed by atoms with Crippen molar-refractivity contribution in [2.24, 2.45) is 5.41 Å². The molecule has 0 saturated heterocycles. The van der Waals surface area contributed by atoms with Crippen molar-refractivity contribution in [3.63, 3.8) is 0 Å². The maximum absolute atomic E-state index is 11.7. The van der Waals surface area contributed by atoms with Gasteiger partial charge in [0.15, 0.2) is 9.84 Å². The summed E-state index contributed by atoms with van der Waals surface area (Å²) in [6, 6.07) is 5.18. The van der Waals surface area contributed by atoms with Gasteiger partial charge >= 0.3 is 0 Å². The molecule has 1 heterocycles. The van der Waals surface area contributed by atoms with E-state index in [0.29, 0.717) is 5.52 Å². The zero-order chi connectivity index (χ0) is 13.6. The fourth-order valence-corrected chi connectivity index (χ4v) is 2.77. The van der Waals surface area contributed by atoms with Crippen LogP contribution in [-0.2, 0) is 16.3 Å². The lowest BCUT2D eigenvalue weighted by Gasteiger charge is -2.15. The molecule has 0 unspecified atom stereocenters. The lowest BCUT2D eigenvalue weighted by molar-refractivity contribution is 0.402. The Morgan fingerprint density at radius 1 is 1.28 bits per heavy atom. The van der Waals surface area contributed by atoms with Crippen molar-refractivity contribution < 1.29 is 8.42 Å². The molecule has 1 aromatic carbocycles. The molecule has 0 saturated carbocycles. The van der Waals surface area contributed by atoms with E-state index in [0.717, 1.165) is 17.8 Å². The summed E-state index contributed by atoms with van der Waals surface area (Å²) in [7, 11) is -3.24. The van der Waals surface area contributed by atoms with E-state index in [9.17, 15) is 8.42 Å². The Bertz CT molecular complexity index is 679. The standard InChI is InChI=1S/C13H18N2O2S/c1-13(2,3)8-11-14-9-6-5-7-10(12(9)15-11)18(4,16)17/h5-7H,8H2,1-4H3,(H,14,15). The summed E-state index contributed by atoms with van der Waals surface area (Å²) in [5.74, 6) is 0.827. The van der Waals surface area contributed by atoms with Gasteiger partial charge in [-0.3, -0.25) is 0 Å². The zero-order valence-corrected chi connectivity index (χ0v) is 11.9. The molecule has 0 aliphatic rings. The van der Waals surface area contributed by atoms with Crippen molar-refractivity contribution >= 4 is 20.9 Å². The molecule has 1 N–H and O–H groups in total. The van der Waals surface area contributed by atoms with E-state index in [2.05, 4.69) is 30.7 Å². The molecule has 5 heteroatoms. The molecule has 0 bridgehead atoms. The number of fused-ring (bicyclic) bond motifs is 1. The molecule has 2 rings (SSSR count). The maximum atomic E-state index is 11.7. The van der Waals surface area contributed by atoms with Crippen LogP contribution in [-0.4, -0.2) is 24.6 Å². The van der Waals surface area contributed by atoms with Crippen LogP contribution in [0.3, 0.4) is 0 Å². The molecule has 2 aromatic rings. The number of hydrogen-bond acceptors (Lipinski definition) is 3. The molecule has 0 aliphatic carbocycles. The van der Waals surface area contributed by atoms with Gasteiger partial charge in [-0.2, -0.15) is 0 Å². The van der Waals surface area contributed by atoms with Crippen LogP contribution in [0.4, 0.5) is 0 Å². The minimum absolute atomic E-state index is 0.110. The monoisotopic (exact) mass is 266 g/mol. The van der Waals surface area contributed by atoms with Gasteiger partial charge in [-0.1, -0.05) is 26.8 Å². The van der Waals surface area contributed by atoms with Crippen LogP contribution in [0.15, 0.2) is 23.1 Å². The first-order chi connectivity index (χ1) is 8.17. The van der Waals surface area contributed by atoms with Crippen LogP contribution in [0.5, 0.6) is 0 Å². The van der Waals surface area contributed by atoms with E-state index in [1.54, 1.807) is 12.1 Å². The zero-order valence-electron chi connectivity index (χ0n) is 11.1.